The number of rotatable bonds is 47. The lowest BCUT2D eigenvalue weighted by Gasteiger charge is -2.15. The molecule has 10 heteroatoms. The van der Waals surface area contributed by atoms with Crippen LogP contribution in [0.15, 0.2) is 24.3 Å². The molecule has 0 aromatic carbocycles. The molecule has 0 radical (unpaired) electrons. The molecule has 0 fully saturated rings. The highest BCUT2D eigenvalue weighted by molar-refractivity contribution is 7.47. The third kappa shape index (κ3) is 47.4. The lowest BCUT2D eigenvalue weighted by molar-refractivity contribution is -0.147. The fourth-order valence-electron chi connectivity index (χ4n) is 7.12. The summed E-state index contributed by atoms with van der Waals surface area (Å²) in [5.41, 5.74) is 0. The van der Waals surface area contributed by atoms with Crippen molar-refractivity contribution in [3.8, 4) is 0 Å². The number of amides is 1. The first-order chi connectivity index (χ1) is 28.8. The Bertz CT molecular complexity index is 1020. The standard InChI is InChI=1S/C49H94NO8P/c1-3-5-7-9-11-13-15-17-19-21-23-25-27-29-31-33-35-37-39-41-48(52)50-43-44-57-59(54,55)58-46-47(51)45-56-49(53)42-40-38-36-34-32-30-28-26-24-22-20-18-16-14-12-10-8-6-4-2/h11,13,17,19,47,51H,3-10,12,14-16,18,20-46H2,1-2H3,(H,50,52)(H,54,55)/b13-11-,19-17-. The van der Waals surface area contributed by atoms with Crippen molar-refractivity contribution in [3.05, 3.63) is 24.3 Å². The molecule has 0 saturated heterocycles. The van der Waals surface area contributed by atoms with E-state index in [4.69, 9.17) is 13.8 Å². The van der Waals surface area contributed by atoms with E-state index in [9.17, 15) is 24.2 Å². The van der Waals surface area contributed by atoms with Crippen molar-refractivity contribution in [3.63, 3.8) is 0 Å². The molecule has 0 spiro atoms. The Kier molecular flexibility index (Phi) is 44.8. The number of ether oxygens (including phenoxy) is 1. The summed E-state index contributed by atoms with van der Waals surface area (Å²) in [6.07, 6.45) is 51.1. The van der Waals surface area contributed by atoms with Gasteiger partial charge in [-0.1, -0.05) is 212 Å². The number of allylic oxidation sites excluding steroid dienone is 4. The molecule has 0 aromatic heterocycles. The van der Waals surface area contributed by atoms with E-state index < -0.39 is 26.5 Å². The van der Waals surface area contributed by atoms with Gasteiger partial charge in [-0.25, -0.2) is 4.57 Å². The Morgan fingerprint density at radius 3 is 1.39 bits per heavy atom. The van der Waals surface area contributed by atoms with E-state index in [-0.39, 0.29) is 32.1 Å². The van der Waals surface area contributed by atoms with Gasteiger partial charge < -0.3 is 20.1 Å². The Morgan fingerprint density at radius 1 is 0.525 bits per heavy atom. The first-order valence-electron chi connectivity index (χ1n) is 24.8. The van der Waals surface area contributed by atoms with Gasteiger partial charge in [-0.15, -0.1) is 0 Å². The first-order valence-corrected chi connectivity index (χ1v) is 26.3. The predicted molar refractivity (Wildman–Crippen MR) is 248 cm³/mol. The Labute approximate surface area is 363 Å². The molecule has 2 unspecified atom stereocenters. The summed E-state index contributed by atoms with van der Waals surface area (Å²) in [7, 11) is -4.42. The van der Waals surface area contributed by atoms with E-state index in [0.717, 1.165) is 44.9 Å². The molecular weight excluding hydrogens is 762 g/mol. The van der Waals surface area contributed by atoms with Crippen LogP contribution in [-0.2, 0) is 27.9 Å². The molecule has 0 aliphatic carbocycles. The van der Waals surface area contributed by atoms with Crippen molar-refractivity contribution >= 4 is 19.7 Å². The first kappa shape index (κ1) is 57.5. The van der Waals surface area contributed by atoms with Crippen molar-refractivity contribution in [1.82, 2.24) is 5.32 Å². The van der Waals surface area contributed by atoms with Crippen molar-refractivity contribution < 1.29 is 37.9 Å². The molecule has 0 aliphatic heterocycles. The van der Waals surface area contributed by atoms with Gasteiger partial charge in [0.15, 0.2) is 0 Å². The van der Waals surface area contributed by atoms with Crippen molar-refractivity contribution in [2.24, 2.45) is 0 Å². The van der Waals surface area contributed by atoms with Crippen LogP contribution in [0.3, 0.4) is 0 Å². The molecular formula is C49H94NO8P. The number of carbonyl (C=O) groups is 2. The highest BCUT2D eigenvalue weighted by Crippen LogP contribution is 2.42. The van der Waals surface area contributed by atoms with E-state index in [2.05, 4.69) is 43.5 Å². The fraction of sp³-hybridized carbons (Fsp3) is 0.878. The van der Waals surface area contributed by atoms with Crippen molar-refractivity contribution in [1.29, 1.82) is 0 Å². The minimum atomic E-state index is -4.42. The molecule has 3 N–H and O–H groups in total. The number of hydrogen-bond donors (Lipinski definition) is 3. The summed E-state index contributed by atoms with van der Waals surface area (Å²) in [6, 6.07) is 0. The lowest BCUT2D eigenvalue weighted by Crippen LogP contribution is -2.27. The molecule has 348 valence electrons. The average Bonchev–Trinajstić information content (AvgIpc) is 3.22. The van der Waals surface area contributed by atoms with E-state index in [1.807, 2.05) is 0 Å². The molecule has 1 amide bonds. The van der Waals surface area contributed by atoms with Gasteiger partial charge in [-0.2, -0.15) is 0 Å². The van der Waals surface area contributed by atoms with Gasteiger partial charge in [-0.3, -0.25) is 18.6 Å². The zero-order valence-electron chi connectivity index (χ0n) is 38.5. The van der Waals surface area contributed by atoms with Gasteiger partial charge in [0.1, 0.15) is 12.7 Å². The highest BCUT2D eigenvalue weighted by atomic mass is 31.2. The largest absolute Gasteiger partial charge is 0.472 e. The zero-order valence-corrected chi connectivity index (χ0v) is 39.4. The summed E-state index contributed by atoms with van der Waals surface area (Å²) in [5, 5.41) is 12.7. The minimum absolute atomic E-state index is 0.0817. The average molecular weight is 856 g/mol. The number of aliphatic hydroxyl groups excluding tert-OH is 1. The second-order valence-corrected chi connectivity index (χ2v) is 18.2. The number of nitrogens with one attached hydrogen (secondary N) is 1. The van der Waals surface area contributed by atoms with Crippen LogP contribution in [0.25, 0.3) is 0 Å². The molecule has 0 rings (SSSR count). The quantitative estimate of drug-likeness (QED) is 0.0239. The second-order valence-electron chi connectivity index (χ2n) is 16.8. The maximum Gasteiger partial charge on any atom is 0.472 e. The highest BCUT2D eigenvalue weighted by Gasteiger charge is 2.23. The Morgan fingerprint density at radius 2 is 0.915 bits per heavy atom. The van der Waals surface area contributed by atoms with Gasteiger partial charge in [-0.05, 0) is 44.9 Å². The van der Waals surface area contributed by atoms with Gasteiger partial charge in [0.05, 0.1) is 13.2 Å². The maximum absolute atomic E-state index is 12.1. The number of carbonyl (C=O) groups excluding carboxylic acids is 2. The van der Waals surface area contributed by atoms with Gasteiger partial charge in [0, 0.05) is 19.4 Å². The molecule has 0 aliphatic rings. The monoisotopic (exact) mass is 856 g/mol. The number of phosphoric acid groups is 1. The predicted octanol–water partition coefficient (Wildman–Crippen LogP) is 14.3. The van der Waals surface area contributed by atoms with Crippen LogP contribution in [0.2, 0.25) is 0 Å². The van der Waals surface area contributed by atoms with Crippen LogP contribution in [0.5, 0.6) is 0 Å². The maximum atomic E-state index is 12.1. The number of phosphoric ester groups is 1. The normalized spacial score (nSPS) is 13.4. The summed E-state index contributed by atoms with van der Waals surface area (Å²) in [4.78, 5) is 34.0. The summed E-state index contributed by atoms with van der Waals surface area (Å²) < 4.78 is 27.0. The fourth-order valence-corrected chi connectivity index (χ4v) is 7.88. The summed E-state index contributed by atoms with van der Waals surface area (Å²) in [6.45, 7) is 3.57. The van der Waals surface area contributed by atoms with E-state index in [1.54, 1.807) is 0 Å². The van der Waals surface area contributed by atoms with E-state index in [1.165, 1.54) is 173 Å². The number of unbranched alkanes of at least 4 members (excludes halogenated alkanes) is 30. The third-order valence-corrected chi connectivity index (χ3v) is 11.9. The topological polar surface area (TPSA) is 131 Å². The number of hydrogen-bond acceptors (Lipinski definition) is 7. The smallest absolute Gasteiger partial charge is 0.463 e. The molecule has 0 aromatic rings. The summed E-state index contributed by atoms with van der Waals surface area (Å²) >= 11 is 0. The molecule has 0 heterocycles. The van der Waals surface area contributed by atoms with Crippen molar-refractivity contribution in [2.75, 3.05) is 26.4 Å². The zero-order chi connectivity index (χ0) is 43.2. The Balaban J connectivity index is 3.54. The lowest BCUT2D eigenvalue weighted by atomic mass is 10.0. The van der Waals surface area contributed by atoms with Gasteiger partial charge in [0.2, 0.25) is 5.91 Å². The minimum Gasteiger partial charge on any atom is -0.463 e. The van der Waals surface area contributed by atoms with Crippen LogP contribution >= 0.6 is 7.82 Å². The van der Waals surface area contributed by atoms with Crippen LogP contribution < -0.4 is 5.32 Å². The number of aliphatic hydroxyl groups is 1. The summed E-state index contributed by atoms with van der Waals surface area (Å²) in [5.74, 6) is -0.510. The van der Waals surface area contributed by atoms with Crippen molar-refractivity contribution in [2.45, 2.75) is 251 Å². The second kappa shape index (κ2) is 46.0. The van der Waals surface area contributed by atoms with Crippen LogP contribution in [0, 0.1) is 0 Å². The van der Waals surface area contributed by atoms with E-state index >= 15 is 0 Å². The molecule has 0 saturated carbocycles. The Hall–Kier alpha value is -1.51. The van der Waals surface area contributed by atoms with Gasteiger partial charge >= 0.3 is 13.8 Å². The van der Waals surface area contributed by atoms with Crippen LogP contribution in [-0.4, -0.2) is 54.3 Å². The van der Waals surface area contributed by atoms with Gasteiger partial charge in [0.25, 0.3) is 0 Å². The number of esters is 1. The molecule has 2 atom stereocenters. The third-order valence-electron chi connectivity index (χ3n) is 10.9. The van der Waals surface area contributed by atoms with E-state index in [0.29, 0.717) is 6.42 Å². The molecule has 0 bridgehead atoms. The molecule has 59 heavy (non-hydrogen) atoms. The SMILES string of the molecule is CCCCC/C=C\C/C=C\CCCCCCCCCCCC(=O)NCCOP(=O)(O)OCC(O)COC(=O)CCCCCCCCCCCCCCCCCCCCC. The molecule has 9 nitrogen and oxygen atoms in total. The van der Waals surface area contributed by atoms with Crippen LogP contribution in [0.1, 0.15) is 245 Å². The van der Waals surface area contributed by atoms with Crippen LogP contribution in [0.4, 0.5) is 0 Å².